The van der Waals surface area contributed by atoms with Gasteiger partial charge in [-0.2, -0.15) is 0 Å². The van der Waals surface area contributed by atoms with Crippen molar-refractivity contribution in [3.63, 3.8) is 0 Å². The first kappa shape index (κ1) is 71.1. The van der Waals surface area contributed by atoms with E-state index in [2.05, 4.69) is 50.8 Å². The average molecular weight is 1430 g/mol. The fourth-order valence-electron chi connectivity index (χ4n) is 14.1. The standard InChI is InChI=1S/C82H75N15O10/c1-53(98)83-64-14-6-2-10-60(64)79-68-30-32-70(84-68)80-61-11-3-7-15-65(61)88-76(99)38-41-92(50-54-18-24-57(25-19-54)95(102)103)47-44-91-45-48-93(51-55-20-26-58(27-21-55)96(104)105)42-39-77(100)89-66-16-8-4-12-62(66)81(71-33-31-69(79)85-71)73-35-37-75(87-73)82(74-36-34-72(80)86-74)63-13-5-9-17-67(63)90-78(101)40-43-94(49-46-91)52-56-22-28-59(29-23-56)97(106)107/h2-37,84,87H,38-52H2,1H3,(H,83,98)(H,88,99)(H,89,100)(H,90,101). The van der Waals surface area contributed by atoms with Crippen LogP contribution in [0.4, 0.5) is 39.8 Å². The van der Waals surface area contributed by atoms with E-state index in [4.69, 9.17) is 9.97 Å². The maximum atomic E-state index is 15.0. The molecule has 107 heavy (non-hydrogen) atoms. The fraction of sp³-hybridized carbons (Fsp3) is 0.195. The summed E-state index contributed by atoms with van der Waals surface area (Å²) >= 11 is 0. The van der Waals surface area contributed by atoms with Crippen LogP contribution < -0.4 is 21.3 Å². The summed E-state index contributed by atoms with van der Waals surface area (Å²) in [5, 5.41) is 48.7. The Morgan fingerprint density at radius 2 is 0.673 bits per heavy atom. The highest BCUT2D eigenvalue weighted by Gasteiger charge is 2.26. The number of hydrogen-bond acceptors (Lipinski definition) is 16. The second kappa shape index (κ2) is 32.0. The smallest absolute Gasteiger partial charge is 0.269 e. The van der Waals surface area contributed by atoms with Crippen LogP contribution in [-0.2, 0) is 38.8 Å². The van der Waals surface area contributed by atoms with Crippen LogP contribution >= 0.6 is 0 Å². The summed E-state index contributed by atoms with van der Waals surface area (Å²) in [5.74, 6) is -1.16. The number of nitrogens with one attached hydrogen (secondary N) is 6. The minimum absolute atomic E-state index is 0.0123. The zero-order valence-corrected chi connectivity index (χ0v) is 58.5. The Morgan fingerprint density at radius 1 is 0.383 bits per heavy atom. The molecule has 0 fully saturated rings. The van der Waals surface area contributed by atoms with Crippen LogP contribution in [-0.4, -0.2) is 137 Å². The summed E-state index contributed by atoms with van der Waals surface area (Å²) in [6.45, 7) is 5.58. The molecule has 4 aliphatic rings. The zero-order chi connectivity index (χ0) is 74.1. The highest BCUT2D eigenvalue weighted by molar-refractivity contribution is 6.07. The summed E-state index contributed by atoms with van der Waals surface area (Å²) in [4.78, 5) is 120. The number of nitro benzene ring substituents is 3. The van der Waals surface area contributed by atoms with Crippen LogP contribution in [0.15, 0.2) is 194 Å². The van der Waals surface area contributed by atoms with Gasteiger partial charge >= 0.3 is 0 Å². The third-order valence-corrected chi connectivity index (χ3v) is 19.5. The Balaban J connectivity index is 1.02. The van der Waals surface area contributed by atoms with Crippen LogP contribution in [0.2, 0.25) is 0 Å². The van der Waals surface area contributed by atoms with E-state index in [1.807, 2.05) is 146 Å². The molecule has 6 N–H and O–H groups in total. The Kier molecular flexibility index (Phi) is 21.2. The molecule has 4 aliphatic heterocycles. The molecule has 3 aromatic heterocycles. The Morgan fingerprint density at radius 3 is 0.981 bits per heavy atom. The summed E-state index contributed by atoms with van der Waals surface area (Å²) in [7, 11) is 0. The number of non-ortho nitro benzene ring substituents is 3. The number of amides is 4. The minimum atomic E-state index is -0.451. The molecule has 10 aromatic rings. The summed E-state index contributed by atoms with van der Waals surface area (Å²) < 4.78 is 0. The van der Waals surface area contributed by atoms with Crippen LogP contribution in [0, 0.1) is 30.3 Å². The number of carbonyl (C=O) groups is 4. The zero-order valence-electron chi connectivity index (χ0n) is 58.5. The topological polar surface area (TPSA) is 316 Å². The number of carbonyl (C=O) groups excluding carboxylic acids is 4. The fourth-order valence-corrected chi connectivity index (χ4v) is 14.1. The molecule has 14 rings (SSSR count). The SMILES string of the molecule is CC(=O)Nc1ccccc1-c1c2nc(c3c4ccc([nH]4)c4c5nc(c(c6ccc1[nH]6)-c1ccccc1NC(=O)CCN(Cc1ccc([N+](=O)[O-])cc1)CCN(CCN(Cc1ccc([N+](=O)[O-])cc1)CCC(=O)Nc1ccccc1-3)CCN(Cc1ccc([N+](=O)[O-])cc1)CCC(=O)Nc1ccccc1-4)C=C5)C=C2. The summed E-state index contributed by atoms with van der Waals surface area (Å²) in [6.07, 6.45) is 7.76. The molecule has 0 saturated carbocycles. The highest BCUT2D eigenvalue weighted by Crippen LogP contribution is 2.43. The molecule has 25 nitrogen and oxygen atoms in total. The molecule has 25 heteroatoms. The molecule has 0 radical (unpaired) electrons. The van der Waals surface area contributed by atoms with Gasteiger partial charge in [0.05, 0.1) is 37.5 Å². The predicted octanol–water partition coefficient (Wildman–Crippen LogP) is 14.8. The number of aromatic nitrogens is 4. The van der Waals surface area contributed by atoms with Crippen LogP contribution in [0.1, 0.15) is 65.7 Å². The molecule has 4 amide bonds. The first-order chi connectivity index (χ1) is 52.0. The van der Waals surface area contributed by atoms with Gasteiger partial charge in [0, 0.05) is 230 Å². The first-order valence-electron chi connectivity index (χ1n) is 35.3. The van der Waals surface area contributed by atoms with Crippen LogP contribution in [0.25, 0.3) is 90.9 Å². The number of nitrogens with zero attached hydrogens (tertiary/aromatic N) is 9. The third kappa shape index (κ3) is 16.7. The lowest BCUT2D eigenvalue weighted by molar-refractivity contribution is -0.385. The number of rotatable bonds is 11. The molecule has 538 valence electrons. The van der Waals surface area contributed by atoms with E-state index in [-0.39, 0.29) is 79.6 Å². The van der Waals surface area contributed by atoms with Gasteiger partial charge in [-0.3, -0.25) is 69.1 Å². The van der Waals surface area contributed by atoms with Crippen molar-refractivity contribution in [3.05, 3.63) is 264 Å². The van der Waals surface area contributed by atoms with Crippen LogP contribution in [0.5, 0.6) is 0 Å². The largest absolute Gasteiger partial charge is 0.354 e. The number of benzene rings is 7. The lowest BCUT2D eigenvalue weighted by Gasteiger charge is -2.32. The van der Waals surface area contributed by atoms with Crippen molar-refractivity contribution in [2.24, 2.45) is 0 Å². The monoisotopic (exact) mass is 1430 g/mol. The van der Waals surface area contributed by atoms with E-state index in [1.54, 1.807) is 36.4 Å². The van der Waals surface area contributed by atoms with E-state index in [9.17, 15) is 35.1 Å². The first-order valence-corrected chi connectivity index (χ1v) is 35.3. The molecule has 0 aliphatic carbocycles. The van der Waals surface area contributed by atoms with Crippen molar-refractivity contribution >= 4 is 110 Å². The second-order valence-electron chi connectivity index (χ2n) is 26.7. The molecule has 12 bridgehead atoms. The van der Waals surface area contributed by atoms with Crippen molar-refractivity contribution in [2.45, 2.75) is 45.8 Å². The van der Waals surface area contributed by atoms with E-state index in [0.717, 1.165) is 16.7 Å². The maximum Gasteiger partial charge on any atom is 0.269 e. The number of nitro groups is 3. The van der Waals surface area contributed by atoms with Gasteiger partial charge in [-0.25, -0.2) is 9.97 Å². The van der Waals surface area contributed by atoms with Crippen LogP contribution in [0.3, 0.4) is 0 Å². The molecular weight excluding hydrogens is 1350 g/mol. The number of fused-ring (bicyclic) bond motifs is 17. The molecule has 1 atom stereocenters. The Bertz CT molecular complexity index is 5240. The van der Waals surface area contributed by atoms with Gasteiger partial charge in [-0.1, -0.05) is 109 Å². The molecule has 1 unspecified atom stereocenters. The predicted molar refractivity (Wildman–Crippen MR) is 416 cm³/mol. The lowest BCUT2D eigenvalue weighted by Crippen LogP contribution is -2.44. The number of para-hydroxylation sites is 4. The van der Waals surface area contributed by atoms with Crippen molar-refractivity contribution in [1.29, 1.82) is 0 Å². The minimum Gasteiger partial charge on any atom is -0.354 e. The van der Waals surface area contributed by atoms with Crippen molar-refractivity contribution in [1.82, 2.24) is 39.5 Å². The van der Waals surface area contributed by atoms with Crippen molar-refractivity contribution in [3.8, 4) is 44.5 Å². The molecule has 0 spiro atoms. The third-order valence-electron chi connectivity index (χ3n) is 19.5. The van der Waals surface area contributed by atoms with Gasteiger partial charge in [0.2, 0.25) is 23.6 Å². The van der Waals surface area contributed by atoms with Gasteiger partial charge in [-0.15, -0.1) is 0 Å². The molecule has 0 saturated heterocycles. The number of anilines is 4. The van der Waals surface area contributed by atoms with E-state index < -0.39 is 14.8 Å². The highest BCUT2D eigenvalue weighted by atomic mass is 16.6. The Hall–Kier alpha value is -12.9. The summed E-state index contributed by atoms with van der Waals surface area (Å²) in [5.41, 5.74) is 13.6. The van der Waals surface area contributed by atoms with Gasteiger partial charge in [0.1, 0.15) is 0 Å². The number of H-pyrrole nitrogens is 2. The van der Waals surface area contributed by atoms with Gasteiger partial charge in [0.25, 0.3) is 17.1 Å². The van der Waals surface area contributed by atoms with Gasteiger partial charge in [-0.05, 0) is 89.5 Å². The normalized spacial score (nSPS) is 15.6. The lowest BCUT2D eigenvalue weighted by atomic mass is 10.0. The van der Waals surface area contributed by atoms with Gasteiger partial charge in [0.15, 0.2) is 0 Å². The maximum absolute atomic E-state index is 15.0. The Labute approximate surface area is 614 Å². The quantitative estimate of drug-likeness (QED) is 0.0518. The number of hydrogen-bond donors (Lipinski definition) is 6. The average Bonchev–Trinajstić information content (AvgIpc) is 1.63. The number of aromatic amines is 2. The second-order valence-corrected chi connectivity index (χ2v) is 26.7. The van der Waals surface area contributed by atoms with Crippen molar-refractivity contribution in [2.75, 3.05) is 80.2 Å². The summed E-state index contributed by atoms with van der Waals surface area (Å²) in [6, 6.07) is 57.0. The molecular formula is C82H75N15O10. The van der Waals surface area contributed by atoms with E-state index >= 15 is 14.4 Å². The van der Waals surface area contributed by atoms with Crippen molar-refractivity contribution < 1.29 is 33.9 Å². The van der Waals surface area contributed by atoms with E-state index in [0.29, 0.717) is 171 Å². The van der Waals surface area contributed by atoms with E-state index in [1.165, 1.54) is 43.3 Å². The molecule has 7 heterocycles. The van der Waals surface area contributed by atoms with Gasteiger partial charge < -0.3 is 31.2 Å². The molecule has 7 aromatic carbocycles.